The Labute approximate surface area is 184 Å². The molecule has 0 N–H and O–H groups in total. The zero-order valence-corrected chi connectivity index (χ0v) is 20.2. The molecule has 0 aromatic carbocycles. The molecule has 2 bridgehead atoms. The normalized spacial score (nSPS) is 31.8. The predicted octanol–water partition coefficient (Wildman–Crippen LogP) is 6.17. The van der Waals surface area contributed by atoms with Gasteiger partial charge in [-0.05, 0) is 48.3 Å². The Balaban J connectivity index is 2.18. The lowest BCUT2D eigenvalue weighted by Crippen LogP contribution is -2.56. The van der Waals surface area contributed by atoms with Crippen molar-refractivity contribution in [3.8, 4) is 0 Å². The lowest BCUT2D eigenvalue weighted by atomic mass is 9.59. The summed E-state index contributed by atoms with van der Waals surface area (Å²) in [6, 6.07) is 0. The van der Waals surface area contributed by atoms with E-state index in [1.165, 1.54) is 20.8 Å². The summed E-state index contributed by atoms with van der Waals surface area (Å²) in [7, 11) is 0. The second-order valence-corrected chi connectivity index (χ2v) is 12.0. The van der Waals surface area contributed by atoms with Crippen LogP contribution in [0.4, 0.5) is 13.2 Å². The van der Waals surface area contributed by atoms with E-state index in [4.69, 9.17) is 9.47 Å². The van der Waals surface area contributed by atoms with Crippen molar-refractivity contribution in [2.75, 3.05) is 6.79 Å². The largest absolute Gasteiger partial charge is 0.438 e. The first-order chi connectivity index (χ1) is 13.9. The van der Waals surface area contributed by atoms with Crippen LogP contribution in [0.3, 0.4) is 0 Å². The number of esters is 1. The molecule has 2 rings (SSSR count). The highest BCUT2D eigenvalue weighted by atomic mass is 19.4. The highest BCUT2D eigenvalue weighted by molar-refractivity contribution is 5.84. The van der Waals surface area contributed by atoms with Gasteiger partial charge < -0.3 is 9.47 Å². The van der Waals surface area contributed by atoms with Crippen molar-refractivity contribution >= 4 is 11.8 Å². The van der Waals surface area contributed by atoms with Gasteiger partial charge in [0.05, 0.1) is 6.10 Å². The van der Waals surface area contributed by atoms with Gasteiger partial charge in [0.1, 0.15) is 5.78 Å². The number of hydrogen-bond donors (Lipinski definition) is 0. The Bertz CT molecular complexity index is 658. The quantitative estimate of drug-likeness (QED) is 0.373. The van der Waals surface area contributed by atoms with Gasteiger partial charge in [0.15, 0.2) is 12.2 Å². The van der Waals surface area contributed by atoms with Gasteiger partial charge in [-0.25, -0.2) is 0 Å². The second kappa shape index (κ2) is 8.68. The van der Waals surface area contributed by atoms with Crippen molar-refractivity contribution in [2.24, 2.45) is 39.9 Å². The molecule has 6 unspecified atom stereocenters. The highest BCUT2D eigenvalue weighted by Gasteiger charge is 2.68. The summed E-state index contributed by atoms with van der Waals surface area (Å²) >= 11 is 0. The molecule has 0 aliphatic heterocycles. The van der Waals surface area contributed by atoms with Gasteiger partial charge in [-0.15, -0.1) is 0 Å². The summed E-state index contributed by atoms with van der Waals surface area (Å²) in [6.07, 6.45) is -3.08. The highest BCUT2D eigenvalue weighted by Crippen LogP contribution is 2.57. The number of rotatable bonds is 5. The molecule has 0 radical (unpaired) electrons. The van der Waals surface area contributed by atoms with Crippen LogP contribution in [-0.2, 0) is 19.1 Å². The molecule has 2 saturated carbocycles. The maximum atomic E-state index is 14.4. The van der Waals surface area contributed by atoms with Crippen LogP contribution in [0.15, 0.2) is 0 Å². The van der Waals surface area contributed by atoms with E-state index < -0.39 is 47.7 Å². The van der Waals surface area contributed by atoms with E-state index in [1.807, 2.05) is 0 Å². The van der Waals surface area contributed by atoms with Crippen LogP contribution in [0.2, 0.25) is 0 Å². The molecule has 0 aromatic rings. The van der Waals surface area contributed by atoms with Crippen molar-refractivity contribution in [3.05, 3.63) is 0 Å². The maximum absolute atomic E-state index is 14.4. The van der Waals surface area contributed by atoms with E-state index in [9.17, 15) is 22.8 Å². The minimum absolute atomic E-state index is 0.0386. The molecule has 7 heteroatoms. The number of carbonyl (C=O) groups excluding carboxylic acids is 2. The third kappa shape index (κ3) is 5.28. The fraction of sp³-hybridized carbons (Fsp3) is 0.917. The summed E-state index contributed by atoms with van der Waals surface area (Å²) in [5.41, 5.74) is -4.82. The minimum atomic E-state index is -4.78. The Morgan fingerprint density at radius 3 is 2.06 bits per heavy atom. The molecule has 0 heterocycles. The first-order valence-corrected chi connectivity index (χ1v) is 11.3. The summed E-state index contributed by atoms with van der Waals surface area (Å²) in [4.78, 5) is 25.6. The minimum Gasteiger partial charge on any atom is -0.438 e. The second-order valence-electron chi connectivity index (χ2n) is 12.0. The van der Waals surface area contributed by atoms with Crippen molar-refractivity contribution in [2.45, 2.75) is 93.4 Å². The fourth-order valence-electron chi connectivity index (χ4n) is 5.75. The molecule has 2 aliphatic carbocycles. The van der Waals surface area contributed by atoms with Crippen LogP contribution < -0.4 is 0 Å². The van der Waals surface area contributed by atoms with Crippen LogP contribution in [0.25, 0.3) is 0 Å². The van der Waals surface area contributed by atoms with Gasteiger partial charge in [-0.3, -0.25) is 9.59 Å². The summed E-state index contributed by atoms with van der Waals surface area (Å²) < 4.78 is 54.1. The van der Waals surface area contributed by atoms with Crippen LogP contribution in [0.1, 0.15) is 81.1 Å². The van der Waals surface area contributed by atoms with E-state index in [0.717, 1.165) is 19.3 Å². The monoisotopic (exact) mass is 448 g/mol. The van der Waals surface area contributed by atoms with E-state index >= 15 is 0 Å². The van der Waals surface area contributed by atoms with Gasteiger partial charge >= 0.3 is 12.1 Å². The molecule has 2 fully saturated rings. The SMILES string of the molecule is CC1CC2CC(C1)C(OCOC(=O)C(CC(C)(C)C)(C(C)(C)C)C(F)(F)F)C(C)C2=O. The van der Waals surface area contributed by atoms with E-state index in [1.54, 1.807) is 27.7 Å². The number of carbonyl (C=O) groups is 2. The molecular weight excluding hydrogens is 409 g/mol. The van der Waals surface area contributed by atoms with Crippen molar-refractivity contribution < 1.29 is 32.2 Å². The topological polar surface area (TPSA) is 52.6 Å². The molecule has 0 spiro atoms. The van der Waals surface area contributed by atoms with Gasteiger partial charge in [0, 0.05) is 11.8 Å². The van der Waals surface area contributed by atoms with Crippen LogP contribution in [-0.4, -0.2) is 30.8 Å². The number of ketones is 1. The number of hydrogen-bond acceptors (Lipinski definition) is 4. The number of halogens is 3. The molecule has 6 atom stereocenters. The smallest absolute Gasteiger partial charge is 0.405 e. The van der Waals surface area contributed by atoms with Crippen molar-refractivity contribution in [3.63, 3.8) is 0 Å². The molecule has 180 valence electrons. The van der Waals surface area contributed by atoms with E-state index in [-0.39, 0.29) is 23.5 Å². The van der Waals surface area contributed by atoms with E-state index in [0.29, 0.717) is 5.92 Å². The first kappa shape index (κ1) is 26.1. The van der Waals surface area contributed by atoms with Gasteiger partial charge in [-0.2, -0.15) is 13.2 Å². The van der Waals surface area contributed by atoms with Gasteiger partial charge in [0.25, 0.3) is 0 Å². The molecule has 0 aromatic heterocycles. The first-order valence-electron chi connectivity index (χ1n) is 11.3. The molecule has 0 amide bonds. The molecule has 31 heavy (non-hydrogen) atoms. The van der Waals surface area contributed by atoms with Crippen molar-refractivity contribution in [1.82, 2.24) is 0 Å². The lowest BCUT2D eigenvalue weighted by molar-refractivity contribution is -0.274. The van der Waals surface area contributed by atoms with Crippen molar-refractivity contribution in [1.29, 1.82) is 0 Å². The summed E-state index contributed by atoms with van der Waals surface area (Å²) in [5, 5.41) is 0. The lowest BCUT2D eigenvalue weighted by Gasteiger charge is -2.47. The predicted molar refractivity (Wildman–Crippen MR) is 112 cm³/mol. The van der Waals surface area contributed by atoms with Gasteiger partial charge in [-0.1, -0.05) is 55.4 Å². The number of fused-ring (bicyclic) bond motifs is 2. The molecule has 4 nitrogen and oxygen atoms in total. The fourth-order valence-corrected chi connectivity index (χ4v) is 5.75. The summed E-state index contributed by atoms with van der Waals surface area (Å²) in [6.45, 7) is 12.6. The van der Waals surface area contributed by atoms with E-state index in [2.05, 4.69) is 6.92 Å². The summed E-state index contributed by atoms with van der Waals surface area (Å²) in [5.74, 6) is -0.918. The number of ether oxygens (including phenoxy) is 2. The maximum Gasteiger partial charge on any atom is 0.405 e. The zero-order chi connectivity index (χ0) is 24.0. The average Bonchev–Trinajstić information content (AvgIpc) is 2.57. The molecule has 0 saturated heterocycles. The van der Waals surface area contributed by atoms with Crippen LogP contribution in [0, 0.1) is 39.9 Å². The average molecular weight is 449 g/mol. The number of Topliss-reactive ketones (excluding diaryl/α,β-unsaturated/α-hetero) is 1. The third-order valence-electron chi connectivity index (χ3n) is 7.15. The zero-order valence-electron chi connectivity index (χ0n) is 20.2. The Morgan fingerprint density at radius 2 is 1.58 bits per heavy atom. The Hall–Kier alpha value is -1.11. The van der Waals surface area contributed by atoms with Gasteiger partial charge in [0.2, 0.25) is 0 Å². The standard InChI is InChI=1S/C24H39F3O4/c1-14-9-16-11-17(10-14)19(15(2)18(16)28)30-13-31-20(29)23(22(6,7)8,24(25,26)27)12-21(3,4)5/h14-17,19H,9-13H2,1-8H3. The third-order valence-corrected chi connectivity index (χ3v) is 7.15. The van der Waals surface area contributed by atoms with Crippen LogP contribution >= 0.6 is 0 Å². The Morgan fingerprint density at radius 1 is 1.00 bits per heavy atom. The number of alkyl halides is 3. The molecule has 2 aliphatic rings. The van der Waals surface area contributed by atoms with Crippen LogP contribution in [0.5, 0.6) is 0 Å². The molecular formula is C24H39F3O4. The Kier molecular flexibility index (Phi) is 7.32.